The molecular weight excluding hydrogens is 226 g/mol. The molecule has 18 heavy (non-hydrogen) atoms. The fourth-order valence-corrected chi connectivity index (χ4v) is 2.30. The molecule has 0 amide bonds. The van der Waals surface area contributed by atoms with Gasteiger partial charge in [0.2, 0.25) is 0 Å². The molecule has 0 atom stereocenters. The number of imidazole rings is 1. The normalized spacial score (nSPS) is 18.7. The number of aromatic nitrogens is 2. The third kappa shape index (κ3) is 3.12. The number of rotatable bonds is 5. The fourth-order valence-electron chi connectivity index (χ4n) is 2.30. The van der Waals surface area contributed by atoms with Crippen LogP contribution in [0, 0.1) is 0 Å². The van der Waals surface area contributed by atoms with Gasteiger partial charge in [-0.2, -0.15) is 0 Å². The Hall–Kier alpha value is -0.870. The molecule has 1 saturated carbocycles. The number of hydrogen-bond acceptors (Lipinski definition) is 3. The lowest BCUT2D eigenvalue weighted by molar-refractivity contribution is -0.0839. The lowest BCUT2D eigenvalue weighted by Gasteiger charge is -2.41. The van der Waals surface area contributed by atoms with Crippen molar-refractivity contribution >= 4 is 0 Å². The second-order valence-electron chi connectivity index (χ2n) is 6.36. The maximum Gasteiger partial charge on any atom is 0.0949 e. The van der Waals surface area contributed by atoms with Gasteiger partial charge in [0.15, 0.2) is 0 Å². The van der Waals surface area contributed by atoms with Crippen molar-refractivity contribution in [1.82, 2.24) is 14.9 Å². The minimum atomic E-state index is 0.0528. The van der Waals surface area contributed by atoms with Crippen molar-refractivity contribution in [1.29, 1.82) is 0 Å². The highest BCUT2D eigenvalue weighted by molar-refractivity contribution is 5.02. The molecule has 4 nitrogen and oxygen atoms in total. The van der Waals surface area contributed by atoms with E-state index >= 15 is 0 Å². The predicted octanol–water partition coefficient (Wildman–Crippen LogP) is 2.34. The SMILES string of the molecule is COC1(Cn2cncc2CNC(C)(C)C)CCC1. The summed E-state index contributed by atoms with van der Waals surface area (Å²) in [5, 5.41) is 3.50. The van der Waals surface area contributed by atoms with Crippen LogP contribution >= 0.6 is 0 Å². The van der Waals surface area contributed by atoms with Gasteiger partial charge < -0.3 is 14.6 Å². The summed E-state index contributed by atoms with van der Waals surface area (Å²) in [6, 6.07) is 0. The molecule has 0 unspecified atom stereocenters. The quantitative estimate of drug-likeness (QED) is 0.873. The highest BCUT2D eigenvalue weighted by Crippen LogP contribution is 2.36. The van der Waals surface area contributed by atoms with Gasteiger partial charge in [0.1, 0.15) is 0 Å². The molecule has 1 aliphatic rings. The largest absolute Gasteiger partial charge is 0.376 e. The lowest BCUT2D eigenvalue weighted by atomic mass is 9.80. The van der Waals surface area contributed by atoms with Crippen molar-refractivity contribution in [3.63, 3.8) is 0 Å². The van der Waals surface area contributed by atoms with E-state index in [1.54, 1.807) is 0 Å². The topological polar surface area (TPSA) is 39.1 Å². The molecule has 1 aliphatic carbocycles. The van der Waals surface area contributed by atoms with Gasteiger partial charge in [0.25, 0.3) is 0 Å². The van der Waals surface area contributed by atoms with Crippen LogP contribution in [0.3, 0.4) is 0 Å². The Morgan fingerprint density at radius 2 is 2.17 bits per heavy atom. The monoisotopic (exact) mass is 251 g/mol. The number of hydrogen-bond donors (Lipinski definition) is 1. The molecule has 0 spiro atoms. The first kappa shape index (κ1) is 13.6. The first-order valence-corrected chi connectivity index (χ1v) is 6.73. The highest BCUT2D eigenvalue weighted by atomic mass is 16.5. The van der Waals surface area contributed by atoms with Gasteiger partial charge in [-0.05, 0) is 40.0 Å². The molecule has 0 aliphatic heterocycles. The summed E-state index contributed by atoms with van der Waals surface area (Å²) < 4.78 is 7.90. The summed E-state index contributed by atoms with van der Waals surface area (Å²) in [5.41, 5.74) is 1.41. The predicted molar refractivity (Wildman–Crippen MR) is 72.4 cm³/mol. The number of ether oxygens (including phenoxy) is 1. The summed E-state index contributed by atoms with van der Waals surface area (Å²) in [7, 11) is 1.82. The molecule has 2 rings (SSSR count). The van der Waals surface area contributed by atoms with E-state index in [2.05, 4.69) is 35.6 Å². The summed E-state index contributed by atoms with van der Waals surface area (Å²) in [6.45, 7) is 8.30. The summed E-state index contributed by atoms with van der Waals surface area (Å²) in [5.74, 6) is 0. The van der Waals surface area contributed by atoms with Gasteiger partial charge in [-0.25, -0.2) is 4.98 Å². The zero-order chi connectivity index (χ0) is 13.2. The van der Waals surface area contributed by atoms with Crippen LogP contribution in [0.5, 0.6) is 0 Å². The Morgan fingerprint density at radius 3 is 2.67 bits per heavy atom. The molecule has 1 heterocycles. The van der Waals surface area contributed by atoms with Crippen LogP contribution in [0.25, 0.3) is 0 Å². The Morgan fingerprint density at radius 1 is 1.44 bits per heavy atom. The van der Waals surface area contributed by atoms with E-state index in [0.29, 0.717) is 0 Å². The van der Waals surface area contributed by atoms with Crippen molar-refractivity contribution in [2.24, 2.45) is 0 Å². The van der Waals surface area contributed by atoms with Gasteiger partial charge in [0.05, 0.1) is 24.2 Å². The molecule has 4 heteroatoms. The van der Waals surface area contributed by atoms with Crippen molar-refractivity contribution in [3.05, 3.63) is 18.2 Å². The molecule has 1 aromatic rings. The Bertz CT molecular complexity index is 382. The van der Waals surface area contributed by atoms with Gasteiger partial charge in [-0.3, -0.25) is 0 Å². The molecule has 1 fully saturated rings. The smallest absolute Gasteiger partial charge is 0.0949 e. The number of nitrogens with one attached hydrogen (secondary N) is 1. The van der Waals surface area contributed by atoms with Crippen LogP contribution in [0.4, 0.5) is 0 Å². The zero-order valence-electron chi connectivity index (χ0n) is 12.0. The fraction of sp³-hybridized carbons (Fsp3) is 0.786. The first-order chi connectivity index (χ1) is 8.44. The molecule has 0 saturated heterocycles. The van der Waals surface area contributed by atoms with Crippen LogP contribution < -0.4 is 5.32 Å². The van der Waals surface area contributed by atoms with Crippen LogP contribution in [0.2, 0.25) is 0 Å². The van der Waals surface area contributed by atoms with Crippen LogP contribution in [-0.4, -0.2) is 27.8 Å². The van der Waals surface area contributed by atoms with Gasteiger partial charge >= 0.3 is 0 Å². The van der Waals surface area contributed by atoms with Crippen molar-refractivity contribution in [3.8, 4) is 0 Å². The minimum Gasteiger partial charge on any atom is -0.376 e. The van der Waals surface area contributed by atoms with Gasteiger partial charge in [0, 0.05) is 25.4 Å². The van der Waals surface area contributed by atoms with Gasteiger partial charge in [-0.15, -0.1) is 0 Å². The standard InChI is InChI=1S/C14H25N3O/c1-13(2,3)16-9-12-8-15-11-17(12)10-14(18-4)6-5-7-14/h8,11,16H,5-7,9-10H2,1-4H3. The van der Waals surface area contributed by atoms with Crippen LogP contribution in [0.1, 0.15) is 45.7 Å². The van der Waals surface area contributed by atoms with E-state index in [1.165, 1.54) is 12.1 Å². The Labute approximate surface area is 110 Å². The van der Waals surface area contributed by atoms with E-state index in [4.69, 9.17) is 4.74 Å². The average molecular weight is 251 g/mol. The Kier molecular flexibility index (Phi) is 3.78. The molecule has 1 aromatic heterocycles. The van der Waals surface area contributed by atoms with E-state index in [1.807, 2.05) is 19.6 Å². The van der Waals surface area contributed by atoms with Crippen LogP contribution in [-0.2, 0) is 17.8 Å². The summed E-state index contributed by atoms with van der Waals surface area (Å²) >= 11 is 0. The average Bonchev–Trinajstić information content (AvgIpc) is 2.67. The van der Waals surface area contributed by atoms with Crippen molar-refractivity contribution in [2.75, 3.05) is 7.11 Å². The molecular formula is C14H25N3O. The number of methoxy groups -OCH3 is 1. The van der Waals surface area contributed by atoms with Crippen molar-refractivity contribution < 1.29 is 4.74 Å². The third-order valence-corrected chi connectivity index (χ3v) is 3.75. The van der Waals surface area contributed by atoms with Crippen LogP contribution in [0.15, 0.2) is 12.5 Å². The first-order valence-electron chi connectivity index (χ1n) is 6.73. The third-order valence-electron chi connectivity index (χ3n) is 3.75. The van der Waals surface area contributed by atoms with E-state index in [-0.39, 0.29) is 11.1 Å². The maximum absolute atomic E-state index is 5.68. The van der Waals surface area contributed by atoms with E-state index in [9.17, 15) is 0 Å². The molecule has 1 N–H and O–H groups in total. The number of nitrogens with zero attached hydrogens (tertiary/aromatic N) is 2. The molecule has 102 valence electrons. The lowest BCUT2D eigenvalue weighted by Crippen LogP contribution is -2.43. The minimum absolute atomic E-state index is 0.0528. The zero-order valence-corrected chi connectivity index (χ0v) is 12.0. The molecule has 0 bridgehead atoms. The van der Waals surface area contributed by atoms with Crippen molar-refractivity contribution in [2.45, 2.75) is 64.3 Å². The van der Waals surface area contributed by atoms with Gasteiger partial charge in [-0.1, -0.05) is 0 Å². The van der Waals surface area contributed by atoms with E-state index < -0.39 is 0 Å². The maximum atomic E-state index is 5.68. The second-order valence-corrected chi connectivity index (χ2v) is 6.36. The summed E-state index contributed by atoms with van der Waals surface area (Å²) in [4.78, 5) is 4.27. The Balaban J connectivity index is 1.99. The molecule has 0 radical (unpaired) electrons. The molecule has 0 aromatic carbocycles. The highest BCUT2D eigenvalue weighted by Gasteiger charge is 2.37. The second kappa shape index (κ2) is 5.02. The van der Waals surface area contributed by atoms with E-state index in [0.717, 1.165) is 25.9 Å². The summed E-state index contributed by atoms with van der Waals surface area (Å²) in [6.07, 6.45) is 7.46.